The molecule has 4 rings (SSSR count). The van der Waals surface area contributed by atoms with Crippen molar-refractivity contribution in [2.45, 2.75) is 6.54 Å². The summed E-state index contributed by atoms with van der Waals surface area (Å²) in [5.74, 6) is -1.26. The number of nitrogens with one attached hydrogen (secondary N) is 2. The number of hydrogen-bond acceptors (Lipinski definition) is 5. The molecule has 0 aliphatic rings. The fourth-order valence-corrected chi connectivity index (χ4v) is 2.89. The summed E-state index contributed by atoms with van der Waals surface area (Å²) in [6.45, 7) is 0.209. The fraction of sp³-hybridized carbons (Fsp3) is 0.0526. The number of rotatable bonds is 4. The van der Waals surface area contributed by atoms with Gasteiger partial charge in [-0.05, 0) is 18.0 Å². The largest absolute Gasteiger partial charge is 0.859 e. The first-order chi connectivity index (χ1) is 13.0. The van der Waals surface area contributed by atoms with E-state index in [2.05, 4.69) is 15.1 Å². The van der Waals surface area contributed by atoms with E-state index in [0.29, 0.717) is 11.3 Å². The maximum atomic E-state index is 14.0. The molecule has 2 N–H and O–H groups in total. The summed E-state index contributed by atoms with van der Waals surface area (Å²) in [5, 5.41) is 23.4. The average Bonchev–Trinajstić information content (AvgIpc) is 3.02. The second-order valence-electron chi connectivity index (χ2n) is 5.92. The molecule has 134 valence electrons. The lowest BCUT2D eigenvalue weighted by atomic mass is 10.2. The lowest BCUT2D eigenvalue weighted by molar-refractivity contribution is -0.214. The van der Waals surface area contributed by atoms with Crippen molar-refractivity contribution in [2.75, 3.05) is 0 Å². The molecule has 0 spiro atoms. The third-order valence-corrected chi connectivity index (χ3v) is 4.20. The van der Waals surface area contributed by atoms with Gasteiger partial charge in [-0.3, -0.25) is 9.48 Å². The van der Waals surface area contributed by atoms with Gasteiger partial charge < -0.3 is 15.5 Å². The molecule has 0 unspecified atom stereocenters. The predicted molar refractivity (Wildman–Crippen MR) is 95.9 cm³/mol. The van der Waals surface area contributed by atoms with Gasteiger partial charge in [0.2, 0.25) is 0 Å². The summed E-state index contributed by atoms with van der Waals surface area (Å²) in [6.07, 6.45) is 1.06. The lowest BCUT2D eigenvalue weighted by Crippen LogP contribution is -2.27. The van der Waals surface area contributed by atoms with E-state index in [1.54, 1.807) is 22.9 Å². The van der Waals surface area contributed by atoms with Crippen LogP contribution in [0.25, 0.3) is 22.4 Å². The molecule has 0 amide bonds. The number of aromatic nitrogens is 4. The smallest absolute Gasteiger partial charge is 0.259 e. The van der Waals surface area contributed by atoms with Crippen LogP contribution in [-0.4, -0.2) is 25.6 Å². The molecule has 0 saturated carbocycles. The second kappa shape index (κ2) is 6.49. The number of aromatic amines is 1. The van der Waals surface area contributed by atoms with Gasteiger partial charge in [0, 0.05) is 17.1 Å². The molecule has 2 aromatic heterocycles. The van der Waals surface area contributed by atoms with Crippen molar-refractivity contribution in [3.8, 4) is 11.5 Å². The molecule has 0 atom stereocenters. The van der Waals surface area contributed by atoms with Crippen LogP contribution in [0.4, 0.5) is 4.39 Å². The Morgan fingerprint density at radius 1 is 1.19 bits per heavy atom. The van der Waals surface area contributed by atoms with E-state index in [-0.39, 0.29) is 23.7 Å². The number of fused-ring (bicyclic) bond motifs is 1. The Hall–Kier alpha value is -3.81. The number of H-pyrrole nitrogens is 1. The molecule has 0 bridgehead atoms. The highest BCUT2D eigenvalue weighted by molar-refractivity contribution is 5.92. The Morgan fingerprint density at radius 3 is 2.67 bits per heavy atom. The molecule has 8 heteroatoms. The first kappa shape index (κ1) is 16.6. The Morgan fingerprint density at radius 2 is 1.93 bits per heavy atom. The van der Waals surface area contributed by atoms with Crippen molar-refractivity contribution in [1.82, 2.24) is 19.7 Å². The first-order valence-electron chi connectivity index (χ1n) is 8.09. The Bertz CT molecular complexity index is 1230. The third kappa shape index (κ3) is 2.97. The van der Waals surface area contributed by atoms with E-state index in [9.17, 15) is 14.3 Å². The van der Waals surface area contributed by atoms with Crippen LogP contribution in [0.15, 0.2) is 59.5 Å². The van der Waals surface area contributed by atoms with Gasteiger partial charge in [-0.25, -0.2) is 9.37 Å². The minimum Gasteiger partial charge on any atom is -0.859 e. The first-order valence-corrected chi connectivity index (χ1v) is 8.09. The molecule has 2 aromatic carbocycles. The maximum Gasteiger partial charge on any atom is 0.259 e. The van der Waals surface area contributed by atoms with E-state index in [4.69, 9.17) is 5.41 Å². The molecule has 27 heavy (non-hydrogen) atoms. The highest BCUT2D eigenvalue weighted by atomic mass is 19.1. The maximum absolute atomic E-state index is 14.0. The van der Waals surface area contributed by atoms with Crippen LogP contribution in [0.3, 0.4) is 0 Å². The third-order valence-electron chi connectivity index (χ3n) is 4.20. The summed E-state index contributed by atoms with van der Waals surface area (Å²) in [6, 6.07) is 13.8. The molecular formula is C19H13FN5O2-. The van der Waals surface area contributed by atoms with Crippen LogP contribution < -0.4 is 10.7 Å². The van der Waals surface area contributed by atoms with E-state index in [1.807, 2.05) is 24.3 Å². The normalized spacial score (nSPS) is 11.0. The number of hydrogen-bond donors (Lipinski definition) is 2. The molecule has 2 heterocycles. The van der Waals surface area contributed by atoms with Gasteiger partial charge in [0.1, 0.15) is 11.5 Å². The van der Waals surface area contributed by atoms with Crippen LogP contribution in [0.2, 0.25) is 0 Å². The zero-order valence-corrected chi connectivity index (χ0v) is 13.9. The van der Waals surface area contributed by atoms with Crippen LogP contribution >= 0.6 is 0 Å². The molecule has 4 aromatic rings. The Labute approximate surface area is 152 Å². The van der Waals surface area contributed by atoms with E-state index >= 15 is 0 Å². The second-order valence-corrected chi connectivity index (χ2v) is 5.92. The number of nitrogens with zero attached hydrogens (tertiary/aromatic N) is 3. The van der Waals surface area contributed by atoms with E-state index < -0.39 is 11.5 Å². The minimum atomic E-state index is -1.11. The predicted octanol–water partition coefficient (Wildman–Crippen LogP) is 1.66. The highest BCUT2D eigenvalue weighted by Crippen LogP contribution is 2.26. The number of benzene rings is 2. The monoisotopic (exact) mass is 362 g/mol. The molecule has 0 radical (unpaired) electrons. The van der Waals surface area contributed by atoms with Crippen molar-refractivity contribution < 1.29 is 9.50 Å². The molecule has 0 saturated heterocycles. The van der Waals surface area contributed by atoms with Crippen LogP contribution in [0, 0.1) is 11.2 Å². The zero-order valence-electron chi connectivity index (χ0n) is 13.9. The van der Waals surface area contributed by atoms with Crippen molar-refractivity contribution in [3.63, 3.8) is 0 Å². The van der Waals surface area contributed by atoms with Gasteiger partial charge in [0.15, 0.2) is 5.82 Å². The van der Waals surface area contributed by atoms with Crippen molar-refractivity contribution in [1.29, 1.82) is 5.41 Å². The van der Waals surface area contributed by atoms with Gasteiger partial charge in [0.05, 0.1) is 17.6 Å². The summed E-state index contributed by atoms with van der Waals surface area (Å²) in [5.41, 5.74) is 0.595. The molecule has 0 aliphatic heterocycles. The van der Waals surface area contributed by atoms with Gasteiger partial charge >= 0.3 is 0 Å². The van der Waals surface area contributed by atoms with E-state index in [1.165, 1.54) is 6.07 Å². The molecular weight excluding hydrogens is 349 g/mol. The summed E-state index contributed by atoms with van der Waals surface area (Å²) in [4.78, 5) is 18.6. The molecule has 0 fully saturated rings. The van der Waals surface area contributed by atoms with E-state index in [0.717, 1.165) is 17.1 Å². The number of para-hydroxylation sites is 1. The number of halogens is 1. The van der Waals surface area contributed by atoms with Crippen molar-refractivity contribution >= 4 is 16.8 Å². The van der Waals surface area contributed by atoms with Crippen molar-refractivity contribution in [3.05, 3.63) is 82.0 Å². The molecule has 0 aliphatic carbocycles. The van der Waals surface area contributed by atoms with Crippen LogP contribution in [-0.2, 0) is 6.54 Å². The lowest BCUT2D eigenvalue weighted by Gasteiger charge is -2.06. The topological polar surface area (TPSA) is 110 Å². The van der Waals surface area contributed by atoms with Crippen LogP contribution in [0.1, 0.15) is 11.1 Å². The van der Waals surface area contributed by atoms with Gasteiger partial charge in [0.25, 0.3) is 5.56 Å². The molecule has 7 nitrogen and oxygen atoms in total. The zero-order chi connectivity index (χ0) is 19.0. The Balaban J connectivity index is 1.86. The summed E-state index contributed by atoms with van der Waals surface area (Å²) < 4.78 is 15.7. The summed E-state index contributed by atoms with van der Waals surface area (Å²) >= 11 is 0. The highest BCUT2D eigenvalue weighted by Gasteiger charge is 2.15. The quantitative estimate of drug-likeness (QED) is 0.425. The average molecular weight is 362 g/mol. The van der Waals surface area contributed by atoms with Gasteiger partial charge in [-0.15, -0.1) is 0 Å². The summed E-state index contributed by atoms with van der Waals surface area (Å²) in [7, 11) is 0. The van der Waals surface area contributed by atoms with Gasteiger partial charge in [-0.2, -0.15) is 5.10 Å². The standard InChI is InChI=1S/C19H14FN5O2/c20-14-7-3-1-5-11(14)10-25-15-8-4-2-6-12(15)16(24-25)18-22-9-13(17(21)26)19(27)23-18/h1-9H,10H2,(H2,21,26)(H,22,23,27)/p-1. The minimum absolute atomic E-state index is 0.175. The van der Waals surface area contributed by atoms with Gasteiger partial charge in [-0.1, -0.05) is 36.4 Å². The van der Waals surface area contributed by atoms with Crippen molar-refractivity contribution in [2.24, 2.45) is 0 Å². The fourth-order valence-electron chi connectivity index (χ4n) is 2.89. The SMILES string of the molecule is N=C([O-])c1cnc(-c2nn(Cc3ccccc3F)c3ccccc23)[nH]c1=O. The Kier molecular flexibility index (Phi) is 4.00. The van der Waals surface area contributed by atoms with Crippen LogP contribution in [0.5, 0.6) is 0 Å².